The molecule has 0 spiro atoms. The number of carbonyl (C=O) groups excluding carboxylic acids is 2. The van der Waals surface area contributed by atoms with Gasteiger partial charge in [-0.15, -0.1) is 0 Å². The van der Waals surface area contributed by atoms with E-state index in [1.54, 1.807) is 55.5 Å². The highest BCUT2D eigenvalue weighted by atomic mass is 19.4. The molecule has 0 aliphatic carbocycles. The van der Waals surface area contributed by atoms with Gasteiger partial charge >= 0.3 is 6.18 Å². The van der Waals surface area contributed by atoms with Gasteiger partial charge in [0, 0.05) is 38.3 Å². The summed E-state index contributed by atoms with van der Waals surface area (Å²) in [5, 5.41) is 12.6. The Morgan fingerprint density at radius 2 is 1.74 bits per heavy atom. The molecule has 2 aliphatic heterocycles. The zero-order valence-electron chi connectivity index (χ0n) is 23.7. The number of fused-ring (bicyclic) bond motifs is 1. The summed E-state index contributed by atoms with van der Waals surface area (Å²) < 4.78 is 60.5. The van der Waals surface area contributed by atoms with Crippen molar-refractivity contribution in [3.05, 3.63) is 106 Å². The van der Waals surface area contributed by atoms with Crippen LogP contribution in [0.4, 0.5) is 17.6 Å². The maximum Gasteiger partial charge on any atom is 0.416 e. The topological polar surface area (TPSA) is 82.1 Å². The Bertz CT molecular complexity index is 1470. The Balaban J connectivity index is 1.58. The molecule has 3 aromatic carbocycles. The van der Waals surface area contributed by atoms with Gasteiger partial charge in [-0.05, 0) is 53.4 Å². The average molecular weight is 600 g/mol. The second-order valence-corrected chi connectivity index (χ2v) is 11.0. The number of hydrogen-bond acceptors (Lipinski definition) is 5. The number of morpholine rings is 1. The van der Waals surface area contributed by atoms with Gasteiger partial charge in [0.25, 0.3) is 5.91 Å². The fourth-order valence-electron chi connectivity index (χ4n) is 6.02. The summed E-state index contributed by atoms with van der Waals surface area (Å²) in [6, 6.07) is 14.6. The van der Waals surface area contributed by atoms with E-state index in [1.165, 1.54) is 4.90 Å². The maximum absolute atomic E-state index is 14.4. The van der Waals surface area contributed by atoms with Gasteiger partial charge in [-0.2, -0.15) is 13.2 Å². The van der Waals surface area contributed by atoms with Crippen LogP contribution in [0.25, 0.3) is 0 Å². The van der Waals surface area contributed by atoms with E-state index in [0.717, 1.165) is 25.2 Å². The molecule has 0 radical (unpaired) electrons. The predicted octanol–water partition coefficient (Wildman–Crippen LogP) is 4.44. The van der Waals surface area contributed by atoms with Crippen molar-refractivity contribution in [2.45, 2.75) is 37.7 Å². The first-order valence-corrected chi connectivity index (χ1v) is 14.1. The van der Waals surface area contributed by atoms with Gasteiger partial charge in [0.1, 0.15) is 5.82 Å². The number of amides is 2. The third-order valence-electron chi connectivity index (χ3n) is 8.24. The van der Waals surface area contributed by atoms with Crippen LogP contribution in [0.2, 0.25) is 0 Å². The van der Waals surface area contributed by atoms with Crippen LogP contribution in [-0.2, 0) is 34.3 Å². The summed E-state index contributed by atoms with van der Waals surface area (Å²) in [4.78, 5) is 31.8. The summed E-state index contributed by atoms with van der Waals surface area (Å²) in [5.74, 6) is -1.94. The number of benzene rings is 3. The van der Waals surface area contributed by atoms with Gasteiger partial charge in [0.05, 0.1) is 36.8 Å². The highest BCUT2D eigenvalue weighted by Gasteiger charge is 2.53. The first kappa shape index (κ1) is 30.7. The lowest BCUT2D eigenvalue weighted by Gasteiger charge is -2.48. The van der Waals surface area contributed by atoms with E-state index in [4.69, 9.17) is 4.74 Å². The molecular weight excluding hydrogens is 566 g/mol. The molecule has 2 atom stereocenters. The number of hydrogen-bond donors (Lipinski definition) is 2. The van der Waals surface area contributed by atoms with Crippen molar-refractivity contribution in [2.75, 3.05) is 39.4 Å². The Kier molecular flexibility index (Phi) is 8.86. The molecule has 1 saturated heterocycles. The molecule has 2 aliphatic rings. The van der Waals surface area contributed by atoms with Crippen LogP contribution >= 0.6 is 0 Å². The molecule has 2 heterocycles. The van der Waals surface area contributed by atoms with Crippen molar-refractivity contribution >= 4 is 11.8 Å². The Morgan fingerprint density at radius 3 is 2.42 bits per heavy atom. The quantitative estimate of drug-likeness (QED) is 0.375. The number of nitrogens with zero attached hydrogens (tertiary/aromatic N) is 2. The molecule has 3 aromatic rings. The minimum Gasteiger partial charge on any atom is -0.392 e. The maximum atomic E-state index is 14.4. The van der Waals surface area contributed by atoms with Crippen molar-refractivity contribution in [1.29, 1.82) is 0 Å². The Morgan fingerprint density at radius 1 is 1.05 bits per heavy atom. The van der Waals surface area contributed by atoms with Crippen molar-refractivity contribution in [3.63, 3.8) is 0 Å². The molecule has 228 valence electrons. The summed E-state index contributed by atoms with van der Waals surface area (Å²) in [7, 11) is 0. The van der Waals surface area contributed by atoms with Crippen molar-refractivity contribution in [2.24, 2.45) is 0 Å². The monoisotopic (exact) mass is 599 g/mol. The molecule has 0 bridgehead atoms. The normalized spacial score (nSPS) is 21.0. The largest absolute Gasteiger partial charge is 0.416 e. The first-order chi connectivity index (χ1) is 20.5. The number of alkyl halides is 3. The molecule has 1 fully saturated rings. The molecule has 0 aromatic heterocycles. The molecule has 2 N–H and O–H groups in total. The molecule has 43 heavy (non-hydrogen) atoms. The SMILES string of the molecule is C[C@]1(C(=O)NCCN2CCOCC2)c2ccccc2C(=O)N(Cc2cc(F)cc(C(F)(F)F)c2)C1c1ccc(CO)cc1. The van der Waals surface area contributed by atoms with Crippen LogP contribution in [0.3, 0.4) is 0 Å². The van der Waals surface area contributed by atoms with Gasteiger partial charge in [-0.3, -0.25) is 14.5 Å². The number of halogens is 4. The zero-order valence-corrected chi connectivity index (χ0v) is 23.7. The first-order valence-electron chi connectivity index (χ1n) is 14.1. The molecule has 1 unspecified atom stereocenters. The summed E-state index contributed by atoms with van der Waals surface area (Å²) in [6.07, 6.45) is -4.79. The minimum absolute atomic E-state index is 0.0629. The van der Waals surface area contributed by atoms with Gasteiger partial charge in [0.2, 0.25) is 5.91 Å². The molecule has 2 amide bonds. The molecule has 5 rings (SSSR count). The number of ether oxygens (including phenoxy) is 1. The van der Waals surface area contributed by atoms with Crippen LogP contribution < -0.4 is 5.32 Å². The Labute approximate surface area is 247 Å². The van der Waals surface area contributed by atoms with Crippen LogP contribution in [0.1, 0.15) is 51.1 Å². The standard InChI is InChI=1S/C32H33F4N3O4/c1-31(30(42)37-10-11-38-12-14-43-15-13-38)27-5-3-2-4-26(27)29(41)39(28(31)23-8-6-21(20-40)7-9-23)19-22-16-24(32(34,35)36)18-25(33)17-22/h2-9,16-18,28,40H,10-15,19-20H2,1H3,(H,37,42)/t28?,31-/m0/s1. The van der Waals surface area contributed by atoms with Crippen molar-refractivity contribution < 1.29 is 37.0 Å². The number of aliphatic hydroxyl groups excluding tert-OH is 1. The van der Waals surface area contributed by atoms with E-state index >= 15 is 0 Å². The second-order valence-electron chi connectivity index (χ2n) is 11.0. The highest BCUT2D eigenvalue weighted by molar-refractivity contribution is 6.03. The molecule has 0 saturated carbocycles. The highest BCUT2D eigenvalue weighted by Crippen LogP contribution is 2.48. The predicted molar refractivity (Wildman–Crippen MR) is 150 cm³/mol. The molecular formula is C32H33F4N3O4. The zero-order chi connectivity index (χ0) is 30.8. The number of carbonyl (C=O) groups is 2. The fourth-order valence-corrected chi connectivity index (χ4v) is 6.02. The smallest absolute Gasteiger partial charge is 0.392 e. The van der Waals surface area contributed by atoms with E-state index in [9.17, 15) is 32.3 Å². The van der Waals surface area contributed by atoms with E-state index in [-0.39, 0.29) is 30.2 Å². The van der Waals surface area contributed by atoms with Gasteiger partial charge in [-0.25, -0.2) is 4.39 Å². The number of aliphatic hydroxyl groups is 1. The lowest BCUT2D eigenvalue weighted by Crippen LogP contribution is -2.57. The van der Waals surface area contributed by atoms with Gasteiger partial charge < -0.3 is 20.1 Å². The van der Waals surface area contributed by atoms with Gasteiger partial charge in [-0.1, -0.05) is 42.5 Å². The molecule has 7 nitrogen and oxygen atoms in total. The number of nitrogens with one attached hydrogen (secondary N) is 1. The third kappa shape index (κ3) is 6.29. The van der Waals surface area contributed by atoms with Crippen LogP contribution in [0, 0.1) is 5.82 Å². The van der Waals surface area contributed by atoms with E-state index in [2.05, 4.69) is 10.2 Å². The molecule has 11 heteroatoms. The van der Waals surface area contributed by atoms with Crippen molar-refractivity contribution in [1.82, 2.24) is 15.1 Å². The fraction of sp³-hybridized carbons (Fsp3) is 0.375. The Hall–Kier alpha value is -3.80. The van der Waals surface area contributed by atoms with E-state index in [1.807, 2.05) is 0 Å². The lowest BCUT2D eigenvalue weighted by molar-refractivity contribution is -0.137. The van der Waals surface area contributed by atoms with E-state index in [0.29, 0.717) is 49.1 Å². The van der Waals surface area contributed by atoms with Crippen LogP contribution in [-0.4, -0.2) is 66.1 Å². The summed E-state index contributed by atoms with van der Waals surface area (Å²) in [5.41, 5.74) is -0.744. The van der Waals surface area contributed by atoms with Crippen molar-refractivity contribution in [3.8, 4) is 0 Å². The lowest BCUT2D eigenvalue weighted by atomic mass is 9.67. The minimum atomic E-state index is -4.79. The average Bonchev–Trinajstić information content (AvgIpc) is 3.00. The number of rotatable bonds is 8. The van der Waals surface area contributed by atoms with Gasteiger partial charge in [0.15, 0.2) is 0 Å². The summed E-state index contributed by atoms with van der Waals surface area (Å²) in [6.45, 7) is 4.74. The third-order valence-corrected chi connectivity index (χ3v) is 8.24. The second kappa shape index (κ2) is 12.4. The summed E-state index contributed by atoms with van der Waals surface area (Å²) >= 11 is 0. The van der Waals surface area contributed by atoms with Crippen LogP contribution in [0.15, 0.2) is 66.7 Å². The van der Waals surface area contributed by atoms with Crippen LogP contribution in [0.5, 0.6) is 0 Å². The van der Waals surface area contributed by atoms with E-state index < -0.39 is 34.9 Å².